The van der Waals surface area contributed by atoms with Crippen molar-refractivity contribution >= 4 is 34.5 Å². The molecule has 1 unspecified atom stereocenters. The average Bonchev–Trinajstić information content (AvgIpc) is 2.70. The summed E-state index contributed by atoms with van der Waals surface area (Å²) in [7, 11) is 0. The third-order valence-electron chi connectivity index (χ3n) is 4.58. The second kappa shape index (κ2) is 9.78. The lowest BCUT2D eigenvalue weighted by Gasteiger charge is -2.20. The number of nitrogens with one attached hydrogen (secondary N) is 2. The fourth-order valence-corrected chi connectivity index (χ4v) is 3.05. The summed E-state index contributed by atoms with van der Waals surface area (Å²) in [5, 5.41) is 4.04. The highest BCUT2D eigenvalue weighted by Gasteiger charge is 2.44. The summed E-state index contributed by atoms with van der Waals surface area (Å²) in [5.74, 6) is -2.64. The van der Waals surface area contributed by atoms with Gasteiger partial charge in [-0.3, -0.25) is 4.79 Å². The van der Waals surface area contributed by atoms with E-state index < -0.39 is 75.1 Å². The minimum atomic E-state index is -5.42. The van der Waals surface area contributed by atoms with Crippen molar-refractivity contribution in [3.8, 4) is 0 Å². The Kier molecular flexibility index (Phi) is 7.93. The van der Waals surface area contributed by atoms with Gasteiger partial charge in [0.25, 0.3) is 0 Å². The van der Waals surface area contributed by atoms with Crippen LogP contribution < -0.4 is 10.6 Å². The highest BCUT2D eigenvalue weighted by Crippen LogP contribution is 2.42. The van der Waals surface area contributed by atoms with Gasteiger partial charge in [0.05, 0.1) is 33.2 Å². The molecule has 1 atom stereocenters. The van der Waals surface area contributed by atoms with Crippen LogP contribution in [0.25, 0.3) is 0 Å². The van der Waals surface area contributed by atoms with Gasteiger partial charge in [-0.15, -0.1) is 0 Å². The van der Waals surface area contributed by atoms with Gasteiger partial charge in [0, 0.05) is 11.4 Å². The Morgan fingerprint density at radius 1 is 0.639 bits per heavy atom. The van der Waals surface area contributed by atoms with Gasteiger partial charge in [0.2, 0.25) is 5.91 Å². The summed E-state index contributed by atoms with van der Waals surface area (Å²) in [5.41, 5.74) is -9.35. The van der Waals surface area contributed by atoms with Crippen LogP contribution in [0.15, 0.2) is 36.4 Å². The third-order valence-corrected chi connectivity index (χ3v) is 5.04. The van der Waals surface area contributed by atoms with E-state index in [0.717, 1.165) is 6.92 Å². The molecule has 16 heteroatoms. The number of amides is 1. The van der Waals surface area contributed by atoms with Gasteiger partial charge in [-0.2, -0.15) is 52.7 Å². The highest BCUT2D eigenvalue weighted by molar-refractivity contribution is 7.80. The summed E-state index contributed by atoms with van der Waals surface area (Å²) < 4.78 is 156. The van der Waals surface area contributed by atoms with Gasteiger partial charge in [-0.1, -0.05) is 12.2 Å². The lowest BCUT2D eigenvalue weighted by molar-refractivity contribution is -0.162. The maximum Gasteiger partial charge on any atom is 0.417 e. The first-order valence-corrected chi connectivity index (χ1v) is 9.72. The molecule has 0 saturated heterocycles. The Labute approximate surface area is 199 Å². The number of benzene rings is 2. The molecule has 0 bridgehead atoms. The fourth-order valence-electron chi connectivity index (χ4n) is 2.83. The van der Waals surface area contributed by atoms with Crippen LogP contribution in [0.4, 0.5) is 64.1 Å². The molecule has 0 radical (unpaired) electrons. The third kappa shape index (κ3) is 7.01. The molecule has 2 aromatic carbocycles. The molecule has 0 aromatic heterocycles. The number of halogens is 12. The molecule has 0 heterocycles. The lowest BCUT2D eigenvalue weighted by Crippen LogP contribution is -2.30. The Bertz CT molecular complexity index is 1060. The maximum absolute atomic E-state index is 13.1. The number of thiocarbonyl (C=S) groups is 1. The highest BCUT2D eigenvalue weighted by atomic mass is 32.1. The molecule has 0 aliphatic rings. The van der Waals surface area contributed by atoms with E-state index in [9.17, 15) is 57.5 Å². The molecule has 0 spiro atoms. The summed E-state index contributed by atoms with van der Waals surface area (Å²) in [6.45, 7) is 1.05. The SMILES string of the molecule is CC(C(=O)Nc1ccc(C(F)(F)F)c(C(F)(F)F)c1)C(=S)Nc1ccc(C(F)(F)F)c(C(F)(F)F)c1. The standard InChI is InChI=1S/C20H12F12N2OS/c1-8(15(35)33-9-2-4-11(17(21,22)23)13(6-9)19(27,28)29)16(36)34-10-3-5-12(18(24,25)26)14(7-10)20(30,31)32/h2-8H,1H3,(H,33,35)(H,34,36). The molecule has 0 aliphatic heterocycles. The van der Waals surface area contributed by atoms with Gasteiger partial charge in [-0.25, -0.2) is 0 Å². The van der Waals surface area contributed by atoms with Crippen molar-refractivity contribution in [2.45, 2.75) is 31.6 Å². The normalized spacial score (nSPS) is 13.8. The zero-order valence-electron chi connectivity index (χ0n) is 17.4. The maximum atomic E-state index is 13.1. The quantitative estimate of drug-likeness (QED) is 0.299. The lowest BCUT2D eigenvalue weighted by atomic mass is 10.0. The van der Waals surface area contributed by atoms with Crippen molar-refractivity contribution in [1.29, 1.82) is 0 Å². The topological polar surface area (TPSA) is 41.1 Å². The van der Waals surface area contributed by atoms with Gasteiger partial charge in [-0.05, 0) is 43.3 Å². The minimum Gasteiger partial charge on any atom is -0.349 e. The van der Waals surface area contributed by atoms with Crippen molar-refractivity contribution in [2.24, 2.45) is 5.92 Å². The largest absolute Gasteiger partial charge is 0.417 e. The first kappa shape index (κ1) is 29.2. The monoisotopic (exact) mass is 556 g/mol. The molecule has 2 aromatic rings. The average molecular weight is 556 g/mol. The van der Waals surface area contributed by atoms with Gasteiger partial charge in [0.15, 0.2) is 0 Å². The first-order chi connectivity index (χ1) is 16.1. The number of hydrogen-bond acceptors (Lipinski definition) is 2. The van der Waals surface area contributed by atoms with E-state index in [2.05, 4.69) is 5.32 Å². The minimum absolute atomic E-state index is 0.0371. The number of hydrogen-bond donors (Lipinski definition) is 2. The van der Waals surface area contributed by atoms with Gasteiger partial charge >= 0.3 is 24.7 Å². The zero-order valence-corrected chi connectivity index (χ0v) is 18.2. The van der Waals surface area contributed by atoms with E-state index in [-0.39, 0.29) is 24.3 Å². The molecule has 0 saturated carbocycles. The van der Waals surface area contributed by atoms with Gasteiger partial charge in [0.1, 0.15) is 0 Å². The summed E-state index contributed by atoms with van der Waals surface area (Å²) in [4.78, 5) is 11.8. The molecule has 198 valence electrons. The number of anilines is 2. The van der Waals surface area contributed by atoms with Crippen LogP contribution in [0.1, 0.15) is 29.2 Å². The van der Waals surface area contributed by atoms with Crippen molar-refractivity contribution < 1.29 is 57.5 Å². The Morgan fingerprint density at radius 2 is 0.972 bits per heavy atom. The molecular formula is C20H12F12N2OS. The molecule has 2 rings (SSSR count). The number of carbonyl (C=O) groups excluding carboxylic acids is 1. The van der Waals surface area contributed by atoms with Crippen LogP contribution in [-0.2, 0) is 29.5 Å². The Balaban J connectivity index is 2.25. The Hall–Kier alpha value is -3.04. The summed E-state index contributed by atoms with van der Waals surface area (Å²) >= 11 is 4.84. The van der Waals surface area contributed by atoms with E-state index in [4.69, 9.17) is 12.2 Å². The second-order valence-corrected chi connectivity index (χ2v) is 7.65. The molecule has 1 amide bonds. The van der Waals surface area contributed by atoms with E-state index >= 15 is 0 Å². The number of alkyl halides is 12. The Morgan fingerprint density at radius 3 is 1.31 bits per heavy atom. The van der Waals surface area contributed by atoms with Crippen molar-refractivity contribution in [2.75, 3.05) is 10.6 Å². The predicted octanol–water partition coefficient (Wildman–Crippen LogP) is 7.78. The van der Waals surface area contributed by atoms with Crippen molar-refractivity contribution in [1.82, 2.24) is 0 Å². The molecule has 3 nitrogen and oxygen atoms in total. The van der Waals surface area contributed by atoms with Crippen LogP contribution in [0.3, 0.4) is 0 Å². The fraction of sp³-hybridized carbons (Fsp3) is 0.300. The van der Waals surface area contributed by atoms with Crippen LogP contribution in [-0.4, -0.2) is 10.9 Å². The van der Waals surface area contributed by atoms with E-state index in [0.29, 0.717) is 12.1 Å². The summed E-state index contributed by atoms with van der Waals surface area (Å²) in [6, 6.07) is 1.53. The van der Waals surface area contributed by atoms with Crippen LogP contribution >= 0.6 is 12.2 Å². The smallest absolute Gasteiger partial charge is 0.349 e. The molecule has 2 N–H and O–H groups in total. The predicted molar refractivity (Wildman–Crippen MR) is 107 cm³/mol. The first-order valence-electron chi connectivity index (χ1n) is 9.31. The van der Waals surface area contributed by atoms with Crippen LogP contribution in [0.2, 0.25) is 0 Å². The molecule has 36 heavy (non-hydrogen) atoms. The number of carbonyl (C=O) groups is 1. The zero-order chi connectivity index (χ0) is 27.9. The second-order valence-electron chi connectivity index (χ2n) is 7.21. The van der Waals surface area contributed by atoms with E-state index in [1.165, 1.54) is 0 Å². The molecule has 0 aliphatic carbocycles. The molecular weight excluding hydrogens is 544 g/mol. The number of rotatable bonds is 4. The van der Waals surface area contributed by atoms with Crippen molar-refractivity contribution in [3.05, 3.63) is 58.7 Å². The van der Waals surface area contributed by atoms with E-state index in [1.54, 1.807) is 0 Å². The summed E-state index contributed by atoms with van der Waals surface area (Å²) in [6.07, 6.45) is -21.5. The molecule has 0 fully saturated rings. The van der Waals surface area contributed by atoms with E-state index in [1.807, 2.05) is 5.32 Å². The van der Waals surface area contributed by atoms with Crippen molar-refractivity contribution in [3.63, 3.8) is 0 Å². The van der Waals surface area contributed by atoms with Crippen LogP contribution in [0, 0.1) is 5.92 Å². The van der Waals surface area contributed by atoms with Gasteiger partial charge < -0.3 is 10.6 Å². The van der Waals surface area contributed by atoms with Crippen LogP contribution in [0.5, 0.6) is 0 Å².